The summed E-state index contributed by atoms with van der Waals surface area (Å²) in [6, 6.07) is 20.4. The highest BCUT2D eigenvalue weighted by atomic mass is 35.5. The molecule has 0 radical (unpaired) electrons. The normalized spacial score (nSPS) is 17.1. The number of halogens is 1. The van der Waals surface area contributed by atoms with Crippen molar-refractivity contribution in [2.24, 2.45) is 4.99 Å². The van der Waals surface area contributed by atoms with Gasteiger partial charge in [-0.15, -0.1) is 0 Å². The first kappa shape index (κ1) is 19.2. The predicted molar refractivity (Wildman–Crippen MR) is 121 cm³/mol. The molecular weight excluding hydrogens is 404 g/mol. The number of anilines is 2. The van der Waals surface area contributed by atoms with Crippen LogP contribution in [0.15, 0.2) is 82.8 Å². The Kier molecular flexibility index (Phi) is 5.38. The zero-order valence-electron chi connectivity index (χ0n) is 15.5. The van der Waals surface area contributed by atoms with Gasteiger partial charge in [0.2, 0.25) is 0 Å². The first-order valence-electron chi connectivity index (χ1n) is 8.88. The summed E-state index contributed by atoms with van der Waals surface area (Å²) in [6.45, 7) is 1.93. The lowest BCUT2D eigenvalue weighted by Crippen LogP contribution is -2.28. The van der Waals surface area contributed by atoms with Gasteiger partial charge in [-0.2, -0.15) is 0 Å². The summed E-state index contributed by atoms with van der Waals surface area (Å²) in [7, 11) is 0. The van der Waals surface area contributed by atoms with Gasteiger partial charge in [-0.3, -0.25) is 9.69 Å². The van der Waals surface area contributed by atoms with Gasteiger partial charge in [0.05, 0.1) is 10.6 Å². The molecular formula is C22H17ClN4OS. The van der Waals surface area contributed by atoms with Crippen molar-refractivity contribution in [1.29, 1.82) is 0 Å². The first-order valence-corrected chi connectivity index (χ1v) is 10.1. The molecule has 1 aromatic heterocycles. The Morgan fingerprint density at radius 1 is 1.07 bits per heavy atom. The smallest absolute Gasteiger partial charge is 0.271 e. The van der Waals surface area contributed by atoms with Gasteiger partial charge in [-0.05, 0) is 66.2 Å². The van der Waals surface area contributed by atoms with Gasteiger partial charge in [0.1, 0.15) is 5.69 Å². The number of para-hydroxylation sites is 1. The molecule has 5 nitrogen and oxygen atoms in total. The van der Waals surface area contributed by atoms with Crippen LogP contribution < -0.4 is 10.6 Å². The molecule has 0 saturated carbocycles. The monoisotopic (exact) mass is 420 g/mol. The van der Waals surface area contributed by atoms with E-state index in [9.17, 15) is 4.79 Å². The third kappa shape index (κ3) is 3.90. The molecule has 0 atom stereocenters. The van der Waals surface area contributed by atoms with Crippen LogP contribution >= 0.6 is 23.4 Å². The van der Waals surface area contributed by atoms with Crippen LogP contribution in [-0.4, -0.2) is 16.1 Å². The van der Waals surface area contributed by atoms with Crippen LogP contribution in [0, 0.1) is 0 Å². The van der Waals surface area contributed by atoms with Crippen molar-refractivity contribution in [1.82, 2.24) is 4.98 Å². The number of hydrogen-bond acceptors (Lipinski definition) is 5. The maximum absolute atomic E-state index is 13.4. The summed E-state index contributed by atoms with van der Waals surface area (Å²) in [5.41, 5.74) is 9.52. The molecule has 0 bridgehead atoms. The van der Waals surface area contributed by atoms with Gasteiger partial charge >= 0.3 is 0 Å². The number of carbonyl (C=O) groups excluding carboxylic acids is 1. The van der Waals surface area contributed by atoms with Gasteiger partial charge in [-0.1, -0.05) is 41.9 Å². The van der Waals surface area contributed by atoms with E-state index in [-0.39, 0.29) is 11.1 Å². The van der Waals surface area contributed by atoms with Crippen molar-refractivity contribution in [3.8, 4) is 0 Å². The summed E-state index contributed by atoms with van der Waals surface area (Å²) in [5.74, 6) is -0.130. The summed E-state index contributed by atoms with van der Waals surface area (Å²) in [4.78, 5) is 24.3. The van der Waals surface area contributed by atoms with Crippen LogP contribution in [0.2, 0.25) is 5.15 Å². The number of amides is 1. The standard InChI is InChI=1S/C22H17ClN4OS/c1-14(15-9-11-16(24)12-10-15)19-21(28)27(17-6-3-2-4-7-17)22(29-19)26-18-8-5-13-25-20(18)23/h2-13H,24H2,1H3/b19-14-,26-22?. The van der Waals surface area contributed by atoms with Gasteiger partial charge in [0.15, 0.2) is 10.3 Å². The fraction of sp³-hybridized carbons (Fsp3) is 0.0455. The Balaban J connectivity index is 1.83. The zero-order valence-corrected chi connectivity index (χ0v) is 17.1. The Bertz CT molecular complexity index is 1130. The first-order chi connectivity index (χ1) is 14.0. The minimum Gasteiger partial charge on any atom is -0.399 e. The number of rotatable bonds is 3. The molecule has 1 amide bonds. The highest BCUT2D eigenvalue weighted by Gasteiger charge is 2.36. The number of thioether (sulfide) groups is 1. The fourth-order valence-corrected chi connectivity index (χ4v) is 4.13. The largest absolute Gasteiger partial charge is 0.399 e. The number of benzene rings is 2. The number of carbonyl (C=O) groups is 1. The Labute approximate surface area is 177 Å². The van der Waals surface area contributed by atoms with Crippen molar-refractivity contribution in [3.63, 3.8) is 0 Å². The van der Waals surface area contributed by atoms with Crippen molar-refractivity contribution >= 4 is 57.1 Å². The third-order valence-electron chi connectivity index (χ3n) is 4.44. The molecule has 144 valence electrons. The van der Waals surface area contributed by atoms with E-state index >= 15 is 0 Å². The van der Waals surface area contributed by atoms with E-state index in [0.29, 0.717) is 21.4 Å². The molecule has 29 heavy (non-hydrogen) atoms. The zero-order chi connectivity index (χ0) is 20.4. The average molecular weight is 421 g/mol. The molecule has 2 N–H and O–H groups in total. The van der Waals surface area contributed by atoms with Crippen molar-refractivity contribution in [3.05, 3.63) is 88.5 Å². The quantitative estimate of drug-likeness (QED) is 0.344. The molecule has 0 unspecified atom stereocenters. The highest BCUT2D eigenvalue weighted by Crippen LogP contribution is 2.40. The molecule has 1 fully saturated rings. The number of aliphatic imine (C=N–C) groups is 1. The third-order valence-corrected chi connectivity index (χ3v) is 5.87. The summed E-state index contributed by atoms with van der Waals surface area (Å²) in [6.07, 6.45) is 1.60. The Hall–Kier alpha value is -3.09. The Morgan fingerprint density at radius 2 is 1.79 bits per heavy atom. The summed E-state index contributed by atoms with van der Waals surface area (Å²) < 4.78 is 0. The second-order valence-corrected chi connectivity index (χ2v) is 7.70. The van der Waals surface area contributed by atoms with Gasteiger partial charge < -0.3 is 5.73 Å². The van der Waals surface area contributed by atoms with E-state index in [1.807, 2.05) is 61.5 Å². The fourth-order valence-electron chi connectivity index (χ4n) is 2.91. The maximum atomic E-state index is 13.4. The summed E-state index contributed by atoms with van der Waals surface area (Å²) >= 11 is 7.51. The number of amidine groups is 1. The minimum absolute atomic E-state index is 0.130. The highest BCUT2D eigenvalue weighted by molar-refractivity contribution is 8.19. The average Bonchev–Trinajstić information content (AvgIpc) is 3.06. The van der Waals surface area contributed by atoms with E-state index in [4.69, 9.17) is 17.3 Å². The van der Waals surface area contributed by atoms with Gasteiger partial charge in [0.25, 0.3) is 5.91 Å². The lowest BCUT2D eigenvalue weighted by molar-refractivity contribution is -0.113. The molecule has 0 spiro atoms. The number of nitrogens with two attached hydrogens (primary N) is 1. The molecule has 2 heterocycles. The van der Waals surface area contributed by atoms with Gasteiger partial charge in [-0.25, -0.2) is 9.98 Å². The second kappa shape index (κ2) is 8.11. The van der Waals surface area contributed by atoms with Crippen LogP contribution in [-0.2, 0) is 4.79 Å². The maximum Gasteiger partial charge on any atom is 0.271 e. The molecule has 2 aromatic carbocycles. The number of aromatic nitrogens is 1. The van der Waals surface area contributed by atoms with Crippen LogP contribution in [0.4, 0.5) is 17.1 Å². The predicted octanol–water partition coefficient (Wildman–Crippen LogP) is 5.52. The minimum atomic E-state index is -0.130. The van der Waals surface area contributed by atoms with E-state index < -0.39 is 0 Å². The van der Waals surface area contributed by atoms with E-state index in [0.717, 1.165) is 16.8 Å². The van der Waals surface area contributed by atoms with E-state index in [1.165, 1.54) is 11.8 Å². The van der Waals surface area contributed by atoms with Crippen LogP contribution in [0.1, 0.15) is 12.5 Å². The van der Waals surface area contributed by atoms with Crippen molar-refractivity contribution in [2.45, 2.75) is 6.92 Å². The van der Waals surface area contributed by atoms with E-state index in [1.54, 1.807) is 23.2 Å². The molecule has 1 saturated heterocycles. The van der Waals surface area contributed by atoms with Crippen LogP contribution in [0.25, 0.3) is 5.57 Å². The van der Waals surface area contributed by atoms with Crippen LogP contribution in [0.5, 0.6) is 0 Å². The number of allylic oxidation sites excluding steroid dienone is 1. The number of pyridine rings is 1. The number of hydrogen-bond donors (Lipinski definition) is 1. The van der Waals surface area contributed by atoms with Crippen molar-refractivity contribution < 1.29 is 4.79 Å². The topological polar surface area (TPSA) is 71.6 Å². The lowest BCUT2D eigenvalue weighted by Gasteiger charge is -2.15. The molecule has 3 aromatic rings. The SMILES string of the molecule is C/C(=C1/SC(=Nc2cccnc2Cl)N(c2ccccc2)C1=O)c1ccc(N)cc1. The van der Waals surface area contributed by atoms with Crippen molar-refractivity contribution in [2.75, 3.05) is 10.6 Å². The number of nitrogen functional groups attached to an aromatic ring is 1. The molecule has 7 heteroatoms. The lowest BCUT2D eigenvalue weighted by atomic mass is 10.1. The molecule has 0 aliphatic carbocycles. The van der Waals surface area contributed by atoms with Gasteiger partial charge in [0, 0.05) is 11.9 Å². The number of nitrogens with zero attached hydrogens (tertiary/aromatic N) is 3. The second-order valence-electron chi connectivity index (χ2n) is 6.36. The Morgan fingerprint density at radius 3 is 2.48 bits per heavy atom. The molecule has 1 aliphatic heterocycles. The molecule has 1 aliphatic rings. The van der Waals surface area contributed by atoms with E-state index in [2.05, 4.69) is 9.98 Å². The van der Waals surface area contributed by atoms with Crippen LogP contribution in [0.3, 0.4) is 0 Å². The molecule has 4 rings (SSSR count). The summed E-state index contributed by atoms with van der Waals surface area (Å²) in [5, 5.41) is 0.814.